The molecule has 2 aromatic rings. The highest BCUT2D eigenvalue weighted by molar-refractivity contribution is 7.92. The van der Waals surface area contributed by atoms with Crippen LogP contribution in [0.1, 0.15) is 25.8 Å². The Morgan fingerprint density at radius 3 is 2.17 bits per heavy atom. The van der Waals surface area contributed by atoms with Crippen LogP contribution in [0.5, 0.6) is 11.5 Å². The Hall–Kier alpha value is -3.34. The minimum atomic E-state index is -3.89. The maximum absolute atomic E-state index is 13.5. The van der Waals surface area contributed by atoms with Crippen molar-refractivity contribution < 1.29 is 31.9 Å². The van der Waals surface area contributed by atoms with Crippen LogP contribution in [0.15, 0.2) is 42.5 Å². The summed E-state index contributed by atoms with van der Waals surface area (Å²) in [5.41, 5.74) is 0.797. The SMILES string of the molecule is CCNC(=O)[C@@H](CC)N(Cc1ccc(F)cc1)C(=O)CN(c1ccc(OC)c(OC)c1)S(C)(=O)=O. The fourth-order valence-corrected chi connectivity index (χ4v) is 4.43. The van der Waals surface area contributed by atoms with E-state index in [4.69, 9.17) is 9.47 Å². The van der Waals surface area contributed by atoms with Crippen LogP contribution in [0.3, 0.4) is 0 Å². The van der Waals surface area contributed by atoms with E-state index < -0.39 is 34.3 Å². The van der Waals surface area contributed by atoms with E-state index in [0.29, 0.717) is 30.0 Å². The number of ether oxygens (including phenoxy) is 2. The molecule has 0 fully saturated rings. The molecule has 9 nitrogen and oxygen atoms in total. The number of methoxy groups -OCH3 is 2. The topological polar surface area (TPSA) is 105 Å². The number of sulfonamides is 1. The average molecular weight is 510 g/mol. The molecule has 0 saturated heterocycles. The largest absolute Gasteiger partial charge is 0.493 e. The van der Waals surface area contributed by atoms with Gasteiger partial charge in [-0.3, -0.25) is 13.9 Å². The Bertz CT molecular complexity index is 1120. The van der Waals surface area contributed by atoms with Crippen molar-refractivity contribution >= 4 is 27.5 Å². The molecule has 11 heteroatoms. The number of carbonyl (C=O) groups excluding carboxylic acids is 2. The Labute approximate surface area is 205 Å². The van der Waals surface area contributed by atoms with Crippen LogP contribution in [-0.4, -0.2) is 64.7 Å². The summed E-state index contributed by atoms with van der Waals surface area (Å²) in [6.45, 7) is 3.34. The van der Waals surface area contributed by atoms with Gasteiger partial charge in [-0.1, -0.05) is 19.1 Å². The molecule has 0 aliphatic carbocycles. The third-order valence-electron chi connectivity index (χ3n) is 5.34. The lowest BCUT2D eigenvalue weighted by molar-refractivity contribution is -0.140. The predicted octanol–water partition coefficient (Wildman–Crippen LogP) is 2.55. The molecule has 0 spiro atoms. The lowest BCUT2D eigenvalue weighted by atomic mass is 10.1. The predicted molar refractivity (Wildman–Crippen MR) is 131 cm³/mol. The molecule has 2 rings (SSSR count). The minimum Gasteiger partial charge on any atom is -0.493 e. The van der Waals surface area contributed by atoms with Gasteiger partial charge in [-0.25, -0.2) is 12.8 Å². The summed E-state index contributed by atoms with van der Waals surface area (Å²) >= 11 is 0. The summed E-state index contributed by atoms with van der Waals surface area (Å²) in [5, 5.41) is 2.71. The number of nitrogens with zero attached hydrogens (tertiary/aromatic N) is 2. The Morgan fingerprint density at radius 1 is 1.03 bits per heavy atom. The zero-order chi connectivity index (χ0) is 26.2. The molecule has 2 aromatic carbocycles. The third kappa shape index (κ3) is 7.32. The fraction of sp³-hybridized carbons (Fsp3) is 0.417. The summed E-state index contributed by atoms with van der Waals surface area (Å²) in [6, 6.07) is 9.20. The van der Waals surface area contributed by atoms with Crippen molar-refractivity contribution in [1.29, 1.82) is 0 Å². The molecule has 0 aliphatic rings. The van der Waals surface area contributed by atoms with E-state index >= 15 is 0 Å². The van der Waals surface area contributed by atoms with E-state index in [9.17, 15) is 22.4 Å². The lowest BCUT2D eigenvalue weighted by Gasteiger charge is -2.32. The maximum atomic E-state index is 13.5. The molecule has 0 bridgehead atoms. The monoisotopic (exact) mass is 509 g/mol. The summed E-state index contributed by atoms with van der Waals surface area (Å²) in [4.78, 5) is 27.6. The summed E-state index contributed by atoms with van der Waals surface area (Å²) in [5.74, 6) is -0.687. The second-order valence-electron chi connectivity index (χ2n) is 7.78. The van der Waals surface area contributed by atoms with Gasteiger partial charge in [0, 0.05) is 19.2 Å². The molecule has 35 heavy (non-hydrogen) atoms. The van der Waals surface area contributed by atoms with Gasteiger partial charge in [-0.15, -0.1) is 0 Å². The normalized spacial score (nSPS) is 11.9. The number of rotatable bonds is 12. The second kappa shape index (κ2) is 12.4. The molecule has 1 atom stereocenters. The van der Waals surface area contributed by atoms with Gasteiger partial charge in [0.05, 0.1) is 26.2 Å². The van der Waals surface area contributed by atoms with Crippen molar-refractivity contribution in [2.45, 2.75) is 32.9 Å². The van der Waals surface area contributed by atoms with E-state index in [2.05, 4.69) is 5.32 Å². The number of anilines is 1. The van der Waals surface area contributed by atoms with Crippen molar-refractivity contribution in [3.8, 4) is 11.5 Å². The van der Waals surface area contributed by atoms with E-state index in [0.717, 1.165) is 10.6 Å². The Kier molecular flexibility index (Phi) is 9.88. The molecule has 0 aromatic heterocycles. The van der Waals surface area contributed by atoms with E-state index in [1.807, 2.05) is 0 Å². The van der Waals surface area contributed by atoms with Gasteiger partial charge in [-0.2, -0.15) is 0 Å². The number of hydrogen-bond acceptors (Lipinski definition) is 6. The van der Waals surface area contributed by atoms with Crippen LogP contribution >= 0.6 is 0 Å². The van der Waals surface area contributed by atoms with Crippen LogP contribution in [0.25, 0.3) is 0 Å². The smallest absolute Gasteiger partial charge is 0.244 e. The second-order valence-corrected chi connectivity index (χ2v) is 9.68. The van der Waals surface area contributed by atoms with Gasteiger partial charge in [0.25, 0.3) is 0 Å². The first kappa shape index (κ1) is 27.9. The molecule has 0 radical (unpaired) electrons. The number of benzene rings is 2. The lowest BCUT2D eigenvalue weighted by Crippen LogP contribution is -2.52. The molecule has 0 aliphatic heterocycles. The van der Waals surface area contributed by atoms with Gasteiger partial charge < -0.3 is 19.7 Å². The highest BCUT2D eigenvalue weighted by atomic mass is 32.2. The molecule has 0 saturated carbocycles. The van der Waals surface area contributed by atoms with Crippen LogP contribution < -0.4 is 19.1 Å². The van der Waals surface area contributed by atoms with Gasteiger partial charge in [-0.05, 0) is 43.2 Å². The van der Waals surface area contributed by atoms with E-state index in [1.54, 1.807) is 13.8 Å². The van der Waals surface area contributed by atoms with Crippen molar-refractivity contribution in [1.82, 2.24) is 10.2 Å². The highest BCUT2D eigenvalue weighted by Crippen LogP contribution is 2.32. The van der Waals surface area contributed by atoms with E-state index in [-0.39, 0.29) is 18.1 Å². The van der Waals surface area contributed by atoms with Crippen molar-refractivity contribution in [2.24, 2.45) is 0 Å². The highest BCUT2D eigenvalue weighted by Gasteiger charge is 2.31. The average Bonchev–Trinajstić information content (AvgIpc) is 2.82. The van der Waals surface area contributed by atoms with Crippen LogP contribution in [-0.2, 0) is 26.2 Å². The Morgan fingerprint density at radius 2 is 1.66 bits per heavy atom. The first-order chi connectivity index (χ1) is 16.5. The molecule has 0 heterocycles. The standard InChI is InChI=1S/C24H32FN3O6S/c1-6-20(24(30)26-7-2)27(15-17-8-10-18(25)11-9-17)23(29)16-28(35(5,31)32)19-12-13-21(33-3)22(14-19)34-4/h8-14,20H,6-7,15-16H2,1-5H3,(H,26,30)/t20-/m1/s1. The number of carbonyl (C=O) groups is 2. The molecular formula is C24H32FN3O6S. The first-order valence-electron chi connectivity index (χ1n) is 11.1. The molecule has 1 N–H and O–H groups in total. The molecule has 0 unspecified atom stereocenters. The number of likely N-dealkylation sites (N-methyl/N-ethyl adjacent to an activating group) is 1. The number of amides is 2. The van der Waals surface area contributed by atoms with Crippen LogP contribution in [0, 0.1) is 5.82 Å². The molecule has 192 valence electrons. The summed E-state index contributed by atoms with van der Waals surface area (Å²) in [7, 11) is -1.02. The quantitative estimate of drug-likeness (QED) is 0.472. The summed E-state index contributed by atoms with van der Waals surface area (Å²) in [6.07, 6.45) is 1.29. The van der Waals surface area contributed by atoms with Crippen molar-refractivity contribution in [2.75, 3.05) is 37.9 Å². The third-order valence-corrected chi connectivity index (χ3v) is 6.48. The minimum absolute atomic E-state index is 0.00170. The fourth-order valence-electron chi connectivity index (χ4n) is 3.59. The van der Waals surface area contributed by atoms with Gasteiger partial charge in [0.15, 0.2) is 11.5 Å². The molecular weight excluding hydrogens is 477 g/mol. The van der Waals surface area contributed by atoms with Crippen LogP contribution in [0.4, 0.5) is 10.1 Å². The van der Waals surface area contributed by atoms with Gasteiger partial charge in [0.2, 0.25) is 21.8 Å². The number of nitrogens with one attached hydrogen (secondary N) is 1. The molecule has 2 amide bonds. The zero-order valence-electron chi connectivity index (χ0n) is 20.6. The Balaban J connectivity index is 2.46. The van der Waals surface area contributed by atoms with Gasteiger partial charge >= 0.3 is 0 Å². The number of halogens is 1. The van der Waals surface area contributed by atoms with Gasteiger partial charge in [0.1, 0.15) is 18.4 Å². The van der Waals surface area contributed by atoms with Crippen LogP contribution in [0.2, 0.25) is 0 Å². The van der Waals surface area contributed by atoms with Crippen molar-refractivity contribution in [3.05, 3.63) is 53.8 Å². The summed E-state index contributed by atoms with van der Waals surface area (Å²) < 4.78 is 50.2. The number of hydrogen-bond donors (Lipinski definition) is 1. The first-order valence-corrected chi connectivity index (χ1v) is 12.9. The zero-order valence-corrected chi connectivity index (χ0v) is 21.4. The maximum Gasteiger partial charge on any atom is 0.244 e. The van der Waals surface area contributed by atoms with Crippen molar-refractivity contribution in [3.63, 3.8) is 0 Å². The van der Waals surface area contributed by atoms with E-state index in [1.165, 1.54) is 61.6 Å².